The first kappa shape index (κ1) is 19.0. The maximum absolute atomic E-state index is 5.99. The van der Waals surface area contributed by atoms with Crippen molar-refractivity contribution in [3.8, 4) is 11.4 Å². The number of nitrogens with one attached hydrogen (secondary N) is 1. The Morgan fingerprint density at radius 1 is 1.48 bits per heavy atom. The summed E-state index contributed by atoms with van der Waals surface area (Å²) in [6, 6.07) is 7.39. The SMILES string of the molecule is C=CCCCN(C)C(=NC)NCCc1nc(-c2cccc(Cl)c2)no1. The third-order valence-electron chi connectivity index (χ3n) is 3.65. The number of unbranched alkanes of at least 4 members (excludes halogenated alkanes) is 1. The lowest BCUT2D eigenvalue weighted by Gasteiger charge is -2.21. The van der Waals surface area contributed by atoms with Crippen LogP contribution in [0.15, 0.2) is 46.4 Å². The van der Waals surface area contributed by atoms with E-state index in [0.717, 1.165) is 30.9 Å². The first-order valence-corrected chi connectivity index (χ1v) is 8.63. The van der Waals surface area contributed by atoms with Crippen molar-refractivity contribution in [3.63, 3.8) is 0 Å². The van der Waals surface area contributed by atoms with Crippen molar-refractivity contribution in [2.45, 2.75) is 19.3 Å². The van der Waals surface area contributed by atoms with Crippen LogP contribution in [0.2, 0.25) is 5.02 Å². The molecule has 0 bridgehead atoms. The van der Waals surface area contributed by atoms with E-state index in [9.17, 15) is 0 Å². The lowest BCUT2D eigenvalue weighted by molar-refractivity contribution is 0.377. The molecule has 6 nitrogen and oxygen atoms in total. The molecule has 25 heavy (non-hydrogen) atoms. The van der Waals surface area contributed by atoms with Crippen molar-refractivity contribution < 1.29 is 4.52 Å². The Hall–Kier alpha value is -2.34. The number of nitrogens with zero attached hydrogens (tertiary/aromatic N) is 4. The normalized spacial score (nSPS) is 11.4. The van der Waals surface area contributed by atoms with Gasteiger partial charge in [0.05, 0.1) is 0 Å². The van der Waals surface area contributed by atoms with Gasteiger partial charge in [0.25, 0.3) is 0 Å². The second-order valence-corrected chi connectivity index (χ2v) is 6.03. The molecular weight excluding hydrogens is 338 g/mol. The number of allylic oxidation sites excluding steroid dienone is 1. The van der Waals surface area contributed by atoms with Crippen LogP contribution in [0, 0.1) is 0 Å². The molecule has 0 aliphatic heterocycles. The van der Waals surface area contributed by atoms with E-state index in [0.29, 0.717) is 29.7 Å². The molecule has 0 fully saturated rings. The smallest absolute Gasteiger partial charge is 0.228 e. The molecule has 0 atom stereocenters. The number of aliphatic imine (C=N–C) groups is 1. The minimum Gasteiger partial charge on any atom is -0.356 e. The lowest BCUT2D eigenvalue weighted by atomic mass is 10.2. The summed E-state index contributed by atoms with van der Waals surface area (Å²) in [6.45, 7) is 5.32. The second-order valence-electron chi connectivity index (χ2n) is 5.60. The highest BCUT2D eigenvalue weighted by atomic mass is 35.5. The molecule has 2 rings (SSSR count). The third kappa shape index (κ3) is 5.90. The highest BCUT2D eigenvalue weighted by molar-refractivity contribution is 6.30. The highest BCUT2D eigenvalue weighted by Crippen LogP contribution is 2.19. The van der Waals surface area contributed by atoms with Gasteiger partial charge in [-0.1, -0.05) is 35.0 Å². The first-order valence-electron chi connectivity index (χ1n) is 8.25. The molecule has 0 aliphatic carbocycles. The van der Waals surface area contributed by atoms with Gasteiger partial charge in [0.2, 0.25) is 11.7 Å². The molecule has 0 unspecified atom stereocenters. The third-order valence-corrected chi connectivity index (χ3v) is 3.88. The van der Waals surface area contributed by atoms with Gasteiger partial charge in [-0.15, -0.1) is 6.58 Å². The first-order chi connectivity index (χ1) is 12.1. The molecule has 1 heterocycles. The zero-order valence-electron chi connectivity index (χ0n) is 14.7. The number of guanidine groups is 1. The fraction of sp³-hybridized carbons (Fsp3) is 0.389. The van der Waals surface area contributed by atoms with E-state index in [4.69, 9.17) is 16.1 Å². The Morgan fingerprint density at radius 3 is 3.04 bits per heavy atom. The molecule has 0 saturated carbocycles. The summed E-state index contributed by atoms with van der Waals surface area (Å²) in [6.07, 6.45) is 4.59. The van der Waals surface area contributed by atoms with Crippen LogP contribution < -0.4 is 5.32 Å². The summed E-state index contributed by atoms with van der Waals surface area (Å²) in [5.41, 5.74) is 0.841. The highest BCUT2D eigenvalue weighted by Gasteiger charge is 2.10. The van der Waals surface area contributed by atoms with Crippen molar-refractivity contribution >= 4 is 17.6 Å². The Balaban J connectivity index is 1.84. The average Bonchev–Trinajstić information content (AvgIpc) is 3.08. The van der Waals surface area contributed by atoms with Gasteiger partial charge in [-0.05, 0) is 25.0 Å². The molecule has 0 radical (unpaired) electrons. The summed E-state index contributed by atoms with van der Waals surface area (Å²) in [4.78, 5) is 10.8. The molecule has 7 heteroatoms. The molecule has 134 valence electrons. The van der Waals surface area contributed by atoms with Crippen molar-refractivity contribution in [3.05, 3.63) is 47.8 Å². The van der Waals surface area contributed by atoms with Gasteiger partial charge >= 0.3 is 0 Å². The van der Waals surface area contributed by atoms with Crippen LogP contribution in [0.25, 0.3) is 11.4 Å². The van der Waals surface area contributed by atoms with E-state index < -0.39 is 0 Å². The number of rotatable bonds is 8. The topological polar surface area (TPSA) is 66.5 Å². The van der Waals surface area contributed by atoms with Gasteiger partial charge in [-0.3, -0.25) is 4.99 Å². The average molecular weight is 362 g/mol. The van der Waals surface area contributed by atoms with Gasteiger partial charge in [0.15, 0.2) is 5.96 Å². The molecule has 0 saturated heterocycles. The zero-order chi connectivity index (χ0) is 18.1. The van der Waals surface area contributed by atoms with Gasteiger partial charge in [-0.2, -0.15) is 4.98 Å². The van der Waals surface area contributed by atoms with Gasteiger partial charge in [0, 0.05) is 44.2 Å². The number of benzene rings is 1. The van der Waals surface area contributed by atoms with Crippen molar-refractivity contribution in [1.29, 1.82) is 0 Å². The Morgan fingerprint density at radius 2 is 2.32 bits per heavy atom. The summed E-state index contributed by atoms with van der Waals surface area (Å²) >= 11 is 5.99. The van der Waals surface area contributed by atoms with Crippen molar-refractivity contribution in [1.82, 2.24) is 20.4 Å². The second kappa shape index (κ2) is 9.84. The Bertz CT molecular complexity index is 713. The fourth-order valence-electron chi connectivity index (χ4n) is 2.35. The number of aromatic nitrogens is 2. The van der Waals surface area contributed by atoms with Crippen LogP contribution >= 0.6 is 11.6 Å². The summed E-state index contributed by atoms with van der Waals surface area (Å²) in [5.74, 6) is 1.97. The molecule has 0 aliphatic rings. The van der Waals surface area contributed by atoms with Crippen LogP contribution in [0.3, 0.4) is 0 Å². The number of hydrogen-bond donors (Lipinski definition) is 1. The summed E-state index contributed by atoms with van der Waals surface area (Å²) < 4.78 is 5.31. The predicted octanol–water partition coefficient (Wildman–Crippen LogP) is 3.41. The van der Waals surface area contributed by atoms with Crippen LogP contribution in [0.1, 0.15) is 18.7 Å². The molecular formula is C18H24ClN5O. The van der Waals surface area contributed by atoms with E-state index in [1.807, 2.05) is 37.4 Å². The fourth-order valence-corrected chi connectivity index (χ4v) is 2.54. The monoisotopic (exact) mass is 361 g/mol. The van der Waals surface area contributed by atoms with Crippen molar-refractivity contribution in [2.75, 3.05) is 27.2 Å². The maximum atomic E-state index is 5.99. The predicted molar refractivity (Wildman–Crippen MR) is 102 cm³/mol. The van der Waals surface area contributed by atoms with Gasteiger partial charge < -0.3 is 14.7 Å². The number of halogens is 1. The van der Waals surface area contributed by atoms with Gasteiger partial charge in [-0.25, -0.2) is 0 Å². The molecule has 1 N–H and O–H groups in total. The van der Waals surface area contributed by atoms with Crippen molar-refractivity contribution in [2.24, 2.45) is 4.99 Å². The molecule has 0 amide bonds. The Labute approximate surface area is 153 Å². The molecule has 1 aromatic carbocycles. The quantitative estimate of drug-likeness (QED) is 0.338. The van der Waals surface area contributed by atoms with E-state index in [1.165, 1.54) is 0 Å². The van der Waals surface area contributed by atoms with Gasteiger partial charge in [0.1, 0.15) is 0 Å². The minimum atomic E-state index is 0.545. The molecule has 0 spiro atoms. The summed E-state index contributed by atoms with van der Waals surface area (Å²) in [7, 11) is 3.79. The summed E-state index contributed by atoms with van der Waals surface area (Å²) in [5, 5.41) is 7.96. The molecule has 1 aromatic heterocycles. The van der Waals surface area contributed by atoms with E-state index in [1.54, 1.807) is 7.05 Å². The van der Waals surface area contributed by atoms with E-state index in [2.05, 4.69) is 31.9 Å². The molecule has 2 aromatic rings. The lowest BCUT2D eigenvalue weighted by Crippen LogP contribution is -2.40. The van der Waals surface area contributed by atoms with Crippen LogP contribution in [-0.4, -0.2) is 48.2 Å². The Kier molecular flexibility index (Phi) is 7.47. The minimum absolute atomic E-state index is 0.545. The van der Waals surface area contributed by atoms with Crippen LogP contribution in [-0.2, 0) is 6.42 Å². The van der Waals surface area contributed by atoms with Crippen LogP contribution in [0.5, 0.6) is 0 Å². The standard InChI is InChI=1S/C18H24ClN5O/c1-4-5-6-12-24(3)18(20-2)21-11-10-16-22-17(23-25-16)14-8-7-9-15(19)13-14/h4,7-9,13H,1,5-6,10-12H2,2-3H3,(H,20,21). The maximum Gasteiger partial charge on any atom is 0.228 e. The van der Waals surface area contributed by atoms with E-state index >= 15 is 0 Å². The zero-order valence-corrected chi connectivity index (χ0v) is 15.5. The van der Waals surface area contributed by atoms with Crippen LogP contribution in [0.4, 0.5) is 0 Å². The van der Waals surface area contributed by atoms with E-state index in [-0.39, 0.29) is 0 Å². The largest absolute Gasteiger partial charge is 0.356 e. The number of hydrogen-bond acceptors (Lipinski definition) is 4.